The molecular formula is C24H42O20. The lowest BCUT2D eigenvalue weighted by molar-refractivity contribution is -0.345. The Balaban J connectivity index is 1.33. The van der Waals surface area contributed by atoms with E-state index in [1.807, 2.05) is 0 Å². The largest absolute Gasteiger partial charge is 0.388 e. The minimum Gasteiger partial charge on any atom is -0.388 e. The summed E-state index contributed by atoms with van der Waals surface area (Å²) in [5, 5.41) is 131. The third-order valence-electron chi connectivity index (χ3n) is 8.11. The SMILES string of the molecule is C[C@H]1O[C@H](OC[C@H]2O[C@H](OC[C@H]3O[C@H](OC[C@H]4O[C@H](O)[C@@H](O)[C@@H](O)[C@@H]4O)[C@@H](O)[C@@H](O)[C@@H]3O)[C@@H](O)[C@@H](O)[C@@H]2O)[C@@H](O)[C@@H](O)[C@@H]1O. The van der Waals surface area contributed by atoms with Crippen molar-refractivity contribution in [1.29, 1.82) is 0 Å². The summed E-state index contributed by atoms with van der Waals surface area (Å²) in [6.07, 6.45) is -32.6. The molecule has 0 amide bonds. The highest BCUT2D eigenvalue weighted by Gasteiger charge is 2.50. The number of ether oxygens (including phenoxy) is 7. The molecule has 258 valence electrons. The van der Waals surface area contributed by atoms with Gasteiger partial charge in [-0.1, -0.05) is 0 Å². The number of aliphatic hydroxyl groups excluding tert-OH is 13. The maximum atomic E-state index is 10.4. The lowest BCUT2D eigenvalue weighted by Crippen LogP contribution is -2.63. The van der Waals surface area contributed by atoms with Crippen LogP contribution in [-0.2, 0) is 33.2 Å². The zero-order chi connectivity index (χ0) is 32.6. The first-order valence-corrected chi connectivity index (χ1v) is 14.0. The first-order valence-electron chi connectivity index (χ1n) is 14.0. The van der Waals surface area contributed by atoms with Gasteiger partial charge in [-0.2, -0.15) is 0 Å². The van der Waals surface area contributed by atoms with Crippen molar-refractivity contribution in [3.05, 3.63) is 0 Å². The average molecular weight is 651 g/mol. The van der Waals surface area contributed by atoms with E-state index in [4.69, 9.17) is 33.2 Å². The minimum atomic E-state index is -1.86. The summed E-state index contributed by atoms with van der Waals surface area (Å²) in [5.74, 6) is 0. The van der Waals surface area contributed by atoms with Gasteiger partial charge in [0.1, 0.15) is 91.6 Å². The summed E-state index contributed by atoms with van der Waals surface area (Å²) in [4.78, 5) is 0. The van der Waals surface area contributed by atoms with Gasteiger partial charge in [-0.3, -0.25) is 0 Å². The Morgan fingerprint density at radius 1 is 0.364 bits per heavy atom. The topological polar surface area (TPSA) is 328 Å². The Morgan fingerprint density at radius 3 is 1.09 bits per heavy atom. The van der Waals surface area contributed by atoms with E-state index in [9.17, 15) is 66.4 Å². The van der Waals surface area contributed by atoms with Gasteiger partial charge in [0.2, 0.25) is 0 Å². The summed E-state index contributed by atoms with van der Waals surface area (Å²) in [6.45, 7) is -0.404. The van der Waals surface area contributed by atoms with Crippen LogP contribution in [0.5, 0.6) is 0 Å². The molecule has 4 heterocycles. The number of rotatable bonds is 9. The number of aliphatic hydroxyl groups is 13. The zero-order valence-corrected chi connectivity index (χ0v) is 23.3. The van der Waals surface area contributed by atoms with Gasteiger partial charge in [0.15, 0.2) is 25.2 Å². The maximum absolute atomic E-state index is 10.4. The van der Waals surface area contributed by atoms with Crippen LogP contribution < -0.4 is 0 Å². The fourth-order valence-electron chi connectivity index (χ4n) is 5.17. The van der Waals surface area contributed by atoms with Crippen LogP contribution in [0.3, 0.4) is 0 Å². The van der Waals surface area contributed by atoms with Crippen LogP contribution in [0.2, 0.25) is 0 Å². The van der Waals surface area contributed by atoms with E-state index in [1.165, 1.54) is 6.92 Å². The van der Waals surface area contributed by atoms with E-state index in [0.717, 1.165) is 0 Å². The monoisotopic (exact) mass is 650 g/mol. The van der Waals surface area contributed by atoms with Crippen LogP contribution in [0.15, 0.2) is 0 Å². The molecule has 0 aromatic rings. The van der Waals surface area contributed by atoms with Crippen molar-refractivity contribution in [1.82, 2.24) is 0 Å². The predicted molar refractivity (Wildman–Crippen MR) is 132 cm³/mol. The maximum Gasteiger partial charge on any atom is 0.186 e. The average Bonchev–Trinajstić information content (AvgIpc) is 3.00. The van der Waals surface area contributed by atoms with Crippen molar-refractivity contribution in [2.24, 2.45) is 0 Å². The molecule has 0 unspecified atom stereocenters. The molecule has 0 aromatic carbocycles. The summed E-state index contributed by atoms with van der Waals surface area (Å²) in [7, 11) is 0. The molecule has 4 aliphatic heterocycles. The normalized spacial score (nSPS) is 53.9. The predicted octanol–water partition coefficient (Wildman–Crippen LogP) is -8.72. The molecule has 4 aliphatic rings. The van der Waals surface area contributed by atoms with Crippen molar-refractivity contribution in [3.63, 3.8) is 0 Å². The van der Waals surface area contributed by atoms with Crippen LogP contribution in [0.4, 0.5) is 0 Å². The fourth-order valence-corrected chi connectivity index (χ4v) is 5.17. The van der Waals surface area contributed by atoms with Crippen LogP contribution in [0.1, 0.15) is 6.92 Å². The van der Waals surface area contributed by atoms with E-state index < -0.39 is 143 Å². The van der Waals surface area contributed by atoms with Crippen LogP contribution in [0, 0.1) is 0 Å². The molecule has 20 atom stereocenters. The van der Waals surface area contributed by atoms with Gasteiger partial charge in [-0.25, -0.2) is 0 Å². The number of hydrogen-bond acceptors (Lipinski definition) is 20. The van der Waals surface area contributed by atoms with Crippen molar-refractivity contribution < 1.29 is 99.5 Å². The fraction of sp³-hybridized carbons (Fsp3) is 1.00. The number of hydrogen-bond donors (Lipinski definition) is 13. The standard InChI is InChI=1S/C24H42O20/c1-5-9(25)13(29)18(34)22(41-5)38-3-7-11(27)15(31)20(36)24(43-7)40-4-8-12(28)16(32)19(35)23(44-8)39-2-6-10(26)14(30)17(33)21(37)42-6/h5-37H,2-4H2,1H3/t5-,6-,7-,8-,9-,10-,11-,12-,13+,14+,15+,16+,17+,18+,19+,20+,21+,22+,23+,24+/m1/s1. The van der Waals surface area contributed by atoms with E-state index in [1.54, 1.807) is 0 Å². The lowest BCUT2D eigenvalue weighted by atomic mass is 9.98. The molecule has 0 spiro atoms. The molecule has 20 heteroatoms. The molecule has 13 N–H and O–H groups in total. The molecule has 0 bridgehead atoms. The van der Waals surface area contributed by atoms with Crippen LogP contribution in [0.25, 0.3) is 0 Å². The second kappa shape index (κ2) is 15.0. The van der Waals surface area contributed by atoms with Gasteiger partial charge < -0.3 is 99.5 Å². The molecular weight excluding hydrogens is 608 g/mol. The summed E-state index contributed by atoms with van der Waals surface area (Å²) in [5.41, 5.74) is 0. The van der Waals surface area contributed by atoms with Gasteiger partial charge in [0, 0.05) is 0 Å². The van der Waals surface area contributed by atoms with Gasteiger partial charge in [-0.05, 0) is 6.92 Å². The molecule has 20 nitrogen and oxygen atoms in total. The molecule has 0 aliphatic carbocycles. The van der Waals surface area contributed by atoms with Gasteiger partial charge in [0.05, 0.1) is 25.9 Å². The zero-order valence-electron chi connectivity index (χ0n) is 23.3. The van der Waals surface area contributed by atoms with E-state index in [-0.39, 0.29) is 0 Å². The quantitative estimate of drug-likeness (QED) is 0.110. The highest BCUT2D eigenvalue weighted by molar-refractivity contribution is 4.93. The first kappa shape index (κ1) is 36.0. The lowest BCUT2D eigenvalue weighted by Gasteiger charge is -2.44. The highest BCUT2D eigenvalue weighted by Crippen LogP contribution is 2.29. The Labute approximate surface area is 249 Å². The minimum absolute atomic E-state index is 0.555. The van der Waals surface area contributed by atoms with Gasteiger partial charge >= 0.3 is 0 Å². The van der Waals surface area contributed by atoms with Gasteiger partial charge in [-0.15, -0.1) is 0 Å². The smallest absolute Gasteiger partial charge is 0.186 e. The van der Waals surface area contributed by atoms with E-state index >= 15 is 0 Å². The van der Waals surface area contributed by atoms with Crippen molar-refractivity contribution in [2.45, 2.75) is 130 Å². The second-order valence-electron chi connectivity index (χ2n) is 11.2. The Bertz CT molecular complexity index is 832. The molecule has 4 fully saturated rings. The molecule has 44 heavy (non-hydrogen) atoms. The second-order valence-corrected chi connectivity index (χ2v) is 11.2. The summed E-state index contributed by atoms with van der Waals surface area (Å²) < 4.78 is 37.4. The van der Waals surface area contributed by atoms with E-state index in [2.05, 4.69) is 0 Å². The third-order valence-corrected chi connectivity index (χ3v) is 8.11. The van der Waals surface area contributed by atoms with Gasteiger partial charge in [0.25, 0.3) is 0 Å². The van der Waals surface area contributed by atoms with Crippen LogP contribution in [-0.4, -0.2) is 209 Å². The van der Waals surface area contributed by atoms with Crippen molar-refractivity contribution in [3.8, 4) is 0 Å². The van der Waals surface area contributed by atoms with Crippen molar-refractivity contribution in [2.75, 3.05) is 19.8 Å². The molecule has 0 aromatic heterocycles. The molecule has 4 saturated heterocycles. The Kier molecular flexibility index (Phi) is 12.3. The van der Waals surface area contributed by atoms with Crippen molar-refractivity contribution >= 4 is 0 Å². The molecule has 4 rings (SSSR count). The molecule has 0 saturated carbocycles. The summed E-state index contributed by atoms with van der Waals surface area (Å²) >= 11 is 0. The Morgan fingerprint density at radius 2 is 0.682 bits per heavy atom. The first-order chi connectivity index (χ1) is 20.6. The highest BCUT2D eigenvalue weighted by atomic mass is 16.7. The Hall–Kier alpha value is -0.800. The van der Waals surface area contributed by atoms with E-state index in [0.29, 0.717) is 0 Å². The van der Waals surface area contributed by atoms with Crippen LogP contribution >= 0.6 is 0 Å². The molecule has 0 radical (unpaired) electrons. The summed E-state index contributed by atoms with van der Waals surface area (Å²) in [6, 6.07) is 0. The third kappa shape index (κ3) is 7.50.